The molecule has 2 aliphatic heterocycles. The summed E-state index contributed by atoms with van der Waals surface area (Å²) >= 11 is 3.02. The van der Waals surface area contributed by atoms with Crippen molar-refractivity contribution in [2.45, 2.75) is 22.9 Å². The number of para-hydroxylation sites is 1. The number of thioether (sulfide) groups is 1. The van der Waals surface area contributed by atoms with Gasteiger partial charge in [0.1, 0.15) is 12.1 Å². The number of rotatable bonds is 3. The van der Waals surface area contributed by atoms with Gasteiger partial charge in [0, 0.05) is 6.42 Å². The van der Waals surface area contributed by atoms with Crippen LogP contribution in [0.25, 0.3) is 10.2 Å². The second-order valence-corrected chi connectivity index (χ2v) is 7.35. The second kappa shape index (κ2) is 4.99. The number of morpholine rings is 1. The van der Waals surface area contributed by atoms with E-state index in [9.17, 15) is 9.59 Å². The van der Waals surface area contributed by atoms with Crippen LogP contribution in [0, 0.1) is 0 Å². The van der Waals surface area contributed by atoms with Crippen molar-refractivity contribution in [1.82, 2.24) is 9.88 Å². The molecule has 0 unspecified atom stereocenters. The van der Waals surface area contributed by atoms with E-state index in [-0.39, 0.29) is 24.0 Å². The van der Waals surface area contributed by atoms with Crippen LogP contribution in [0.2, 0.25) is 0 Å². The number of carbonyl (C=O) groups excluding carboxylic acids is 2. The number of aromatic nitrogens is 1. The maximum absolute atomic E-state index is 12.2. The highest BCUT2D eigenvalue weighted by molar-refractivity contribution is 8.01. The first-order valence-electron chi connectivity index (χ1n) is 6.69. The van der Waals surface area contributed by atoms with Crippen molar-refractivity contribution < 1.29 is 14.3 Å². The molecule has 2 saturated heterocycles. The summed E-state index contributed by atoms with van der Waals surface area (Å²) in [4.78, 5) is 29.9. The molecule has 0 aliphatic carbocycles. The first-order chi connectivity index (χ1) is 10.2. The number of hydrogen-bond acceptors (Lipinski definition) is 6. The molecule has 2 bridgehead atoms. The Morgan fingerprint density at radius 3 is 3.10 bits per heavy atom. The zero-order valence-electron chi connectivity index (χ0n) is 11.0. The number of benzene rings is 1. The van der Waals surface area contributed by atoms with Crippen LogP contribution in [0.4, 0.5) is 0 Å². The molecule has 2 aromatic rings. The molecule has 3 heterocycles. The number of likely N-dealkylation sites (tertiary alicyclic amines) is 1. The van der Waals surface area contributed by atoms with Gasteiger partial charge in [-0.2, -0.15) is 0 Å². The Bertz CT molecular complexity index is 697. The number of carbonyl (C=O) groups is 2. The highest BCUT2D eigenvalue weighted by atomic mass is 32.2. The van der Waals surface area contributed by atoms with Gasteiger partial charge in [0.2, 0.25) is 5.91 Å². The third kappa shape index (κ3) is 2.30. The van der Waals surface area contributed by atoms with Crippen LogP contribution >= 0.6 is 23.1 Å². The second-order valence-electron chi connectivity index (χ2n) is 5.09. The van der Waals surface area contributed by atoms with Crippen molar-refractivity contribution >= 4 is 45.2 Å². The van der Waals surface area contributed by atoms with E-state index in [1.807, 2.05) is 24.3 Å². The Kier molecular flexibility index (Phi) is 3.11. The van der Waals surface area contributed by atoms with Gasteiger partial charge in [0.25, 0.3) is 0 Å². The molecule has 2 fully saturated rings. The van der Waals surface area contributed by atoms with E-state index >= 15 is 0 Å². The number of esters is 1. The molecule has 0 saturated carbocycles. The monoisotopic (exact) mass is 320 g/mol. The van der Waals surface area contributed by atoms with E-state index in [2.05, 4.69) is 4.98 Å². The van der Waals surface area contributed by atoms with Gasteiger partial charge in [-0.1, -0.05) is 23.9 Å². The van der Waals surface area contributed by atoms with Crippen LogP contribution < -0.4 is 0 Å². The SMILES string of the molecule is O=C1O[C@H]2C[C@@H]1N(C(=O)CSc1nc3ccccc3s1)C2. The van der Waals surface area contributed by atoms with Crippen molar-refractivity contribution in [3.05, 3.63) is 24.3 Å². The first kappa shape index (κ1) is 13.1. The van der Waals surface area contributed by atoms with Crippen molar-refractivity contribution in [3.8, 4) is 0 Å². The van der Waals surface area contributed by atoms with E-state index in [4.69, 9.17) is 4.74 Å². The fourth-order valence-electron chi connectivity index (χ4n) is 2.74. The summed E-state index contributed by atoms with van der Waals surface area (Å²) in [5.41, 5.74) is 0.959. The smallest absolute Gasteiger partial charge is 0.329 e. The van der Waals surface area contributed by atoms with Crippen molar-refractivity contribution in [1.29, 1.82) is 0 Å². The molecule has 0 radical (unpaired) electrons. The molecule has 1 aromatic carbocycles. The lowest BCUT2D eigenvalue weighted by atomic mass is 10.2. The third-order valence-electron chi connectivity index (χ3n) is 3.73. The number of nitrogens with zero attached hydrogens (tertiary/aromatic N) is 2. The summed E-state index contributed by atoms with van der Waals surface area (Å²) in [7, 11) is 0. The standard InChI is InChI=1S/C14H12N2O3S2/c17-12(16-6-8-5-10(16)13(18)19-8)7-20-14-15-9-3-1-2-4-11(9)21-14/h1-4,8,10H,5-7H2/t8-,10-/m0/s1. The fourth-order valence-corrected chi connectivity index (χ4v) is 4.70. The molecule has 2 atom stereocenters. The first-order valence-corrected chi connectivity index (χ1v) is 8.49. The molecule has 2 aliphatic rings. The minimum absolute atomic E-state index is 0.0107. The zero-order chi connectivity index (χ0) is 14.4. The largest absolute Gasteiger partial charge is 0.459 e. The van der Waals surface area contributed by atoms with Crippen LogP contribution in [0.3, 0.4) is 0 Å². The van der Waals surface area contributed by atoms with Crippen molar-refractivity contribution in [2.24, 2.45) is 0 Å². The number of amides is 1. The highest BCUT2D eigenvalue weighted by Crippen LogP contribution is 2.32. The lowest BCUT2D eigenvalue weighted by Crippen LogP contribution is -2.45. The predicted molar refractivity (Wildman–Crippen MR) is 80.3 cm³/mol. The van der Waals surface area contributed by atoms with Gasteiger partial charge in [-0.3, -0.25) is 4.79 Å². The van der Waals surface area contributed by atoms with Gasteiger partial charge in [-0.15, -0.1) is 11.3 Å². The lowest BCUT2D eigenvalue weighted by molar-refractivity contribution is -0.156. The fraction of sp³-hybridized carbons (Fsp3) is 0.357. The van der Waals surface area contributed by atoms with Gasteiger partial charge in [-0.25, -0.2) is 9.78 Å². The van der Waals surface area contributed by atoms with Gasteiger partial charge in [-0.05, 0) is 12.1 Å². The summed E-state index contributed by atoms with van der Waals surface area (Å²) in [5.74, 6) is 0.0454. The van der Waals surface area contributed by atoms with Crippen LogP contribution in [0.1, 0.15) is 6.42 Å². The van der Waals surface area contributed by atoms with Crippen LogP contribution in [-0.4, -0.2) is 46.2 Å². The van der Waals surface area contributed by atoms with Crippen LogP contribution in [0.5, 0.6) is 0 Å². The number of fused-ring (bicyclic) bond motifs is 3. The highest BCUT2D eigenvalue weighted by Gasteiger charge is 2.48. The van der Waals surface area contributed by atoms with Crippen molar-refractivity contribution in [3.63, 3.8) is 0 Å². The molecule has 1 aromatic heterocycles. The third-order valence-corrected chi connectivity index (χ3v) is 5.90. The predicted octanol–water partition coefficient (Wildman–Crippen LogP) is 1.91. The van der Waals surface area contributed by atoms with E-state index in [1.165, 1.54) is 11.8 Å². The zero-order valence-corrected chi connectivity index (χ0v) is 12.7. The topological polar surface area (TPSA) is 59.5 Å². The van der Waals surface area contributed by atoms with E-state index in [0.717, 1.165) is 14.6 Å². The maximum Gasteiger partial charge on any atom is 0.329 e. The molecule has 108 valence electrons. The summed E-state index contributed by atoms with van der Waals surface area (Å²) in [5, 5.41) is 0. The molecule has 5 nitrogen and oxygen atoms in total. The summed E-state index contributed by atoms with van der Waals surface area (Å²) < 4.78 is 7.10. The number of thiazole rings is 1. The van der Waals surface area contributed by atoms with E-state index in [1.54, 1.807) is 16.2 Å². The average molecular weight is 320 g/mol. The van der Waals surface area contributed by atoms with E-state index in [0.29, 0.717) is 18.7 Å². The molecular formula is C14H12N2O3S2. The maximum atomic E-state index is 12.2. The Hall–Kier alpha value is -1.60. The minimum Gasteiger partial charge on any atom is -0.459 e. The Morgan fingerprint density at radius 1 is 1.48 bits per heavy atom. The average Bonchev–Trinajstić information content (AvgIpc) is 3.16. The molecular weight excluding hydrogens is 308 g/mol. The summed E-state index contributed by atoms with van der Waals surface area (Å²) in [6.07, 6.45) is 0.551. The molecule has 7 heteroatoms. The molecule has 4 rings (SSSR count). The van der Waals surface area contributed by atoms with Gasteiger partial charge in [0.15, 0.2) is 4.34 Å². The van der Waals surface area contributed by atoms with Gasteiger partial charge < -0.3 is 9.64 Å². The van der Waals surface area contributed by atoms with Gasteiger partial charge >= 0.3 is 5.97 Å². The normalized spacial score (nSPS) is 23.8. The Morgan fingerprint density at radius 2 is 2.33 bits per heavy atom. The Balaban J connectivity index is 1.42. The minimum atomic E-state index is -0.363. The quantitative estimate of drug-likeness (QED) is 0.639. The molecule has 21 heavy (non-hydrogen) atoms. The summed E-state index contributed by atoms with van der Waals surface area (Å²) in [6, 6.07) is 7.56. The molecule has 0 spiro atoms. The van der Waals surface area contributed by atoms with Crippen LogP contribution in [-0.2, 0) is 14.3 Å². The van der Waals surface area contributed by atoms with Crippen LogP contribution in [0.15, 0.2) is 28.6 Å². The number of hydrogen-bond donors (Lipinski definition) is 0. The lowest BCUT2D eigenvalue weighted by Gasteiger charge is -2.25. The number of ether oxygens (including phenoxy) is 1. The van der Waals surface area contributed by atoms with Gasteiger partial charge in [0.05, 0.1) is 22.5 Å². The summed E-state index contributed by atoms with van der Waals surface area (Å²) in [6.45, 7) is 0.537. The van der Waals surface area contributed by atoms with E-state index < -0.39 is 0 Å². The Labute approximate surface area is 129 Å². The molecule has 0 N–H and O–H groups in total. The molecule has 1 amide bonds. The van der Waals surface area contributed by atoms with Crippen molar-refractivity contribution in [2.75, 3.05) is 12.3 Å².